The van der Waals surface area contributed by atoms with E-state index in [0.717, 1.165) is 0 Å². The van der Waals surface area contributed by atoms with Gasteiger partial charge >= 0.3 is 0 Å². The minimum Gasteiger partial charge on any atom is -0.390 e. The molecule has 0 saturated carbocycles. The van der Waals surface area contributed by atoms with Gasteiger partial charge in [0.15, 0.2) is 0 Å². The highest BCUT2D eigenvalue weighted by molar-refractivity contribution is 4.76. The molecule has 0 saturated heterocycles. The van der Waals surface area contributed by atoms with Gasteiger partial charge in [0.2, 0.25) is 0 Å². The van der Waals surface area contributed by atoms with Crippen molar-refractivity contribution in [2.24, 2.45) is 0 Å². The number of ether oxygens (including phenoxy) is 1. The number of methoxy groups -OCH3 is 1. The predicted molar refractivity (Wildman–Crippen MR) is 53.1 cm³/mol. The molecule has 3 atom stereocenters. The molecule has 14 heavy (non-hydrogen) atoms. The molecule has 0 aliphatic rings. The van der Waals surface area contributed by atoms with Crippen LogP contribution in [0, 0.1) is 0 Å². The molecule has 0 aromatic heterocycles. The van der Waals surface area contributed by atoms with E-state index in [1.165, 1.54) is 7.11 Å². The zero-order valence-electron chi connectivity index (χ0n) is 9.05. The van der Waals surface area contributed by atoms with Crippen molar-refractivity contribution in [3.8, 4) is 0 Å². The third-order valence-corrected chi connectivity index (χ3v) is 1.96. The molecule has 0 rings (SSSR count). The first-order valence-electron chi connectivity index (χ1n) is 4.67. The number of aliphatic hydroxyl groups is 3. The van der Waals surface area contributed by atoms with Crippen molar-refractivity contribution in [3.05, 3.63) is 0 Å². The lowest BCUT2D eigenvalue weighted by atomic mass is 10.1. The van der Waals surface area contributed by atoms with Crippen LogP contribution < -0.4 is 0 Å². The van der Waals surface area contributed by atoms with Gasteiger partial charge in [-0.1, -0.05) is 0 Å². The summed E-state index contributed by atoms with van der Waals surface area (Å²) >= 11 is 0. The summed E-state index contributed by atoms with van der Waals surface area (Å²) in [7, 11) is 5.10. The summed E-state index contributed by atoms with van der Waals surface area (Å²) in [6, 6.07) is 0. The molecule has 86 valence electrons. The summed E-state index contributed by atoms with van der Waals surface area (Å²) < 4.78 is 4.76. The molecule has 0 fully saturated rings. The van der Waals surface area contributed by atoms with E-state index in [4.69, 9.17) is 4.74 Å². The van der Waals surface area contributed by atoms with E-state index in [0.29, 0.717) is 19.6 Å². The third-order valence-electron chi connectivity index (χ3n) is 1.96. The fraction of sp³-hybridized carbons (Fsp3) is 1.00. The first-order chi connectivity index (χ1) is 6.49. The Morgan fingerprint density at radius 3 is 2.14 bits per heavy atom. The lowest BCUT2D eigenvalue weighted by molar-refractivity contribution is -0.0728. The van der Waals surface area contributed by atoms with Crippen molar-refractivity contribution in [1.82, 2.24) is 4.90 Å². The molecule has 0 aliphatic carbocycles. The standard InChI is InChI=1S/C9H21NO4/c1-10(2)6-8(12)9(13)7(11)4-5-14-3/h7-9,11-13H,4-6H2,1-3H3/t7?,8-,9?/m0/s1. The van der Waals surface area contributed by atoms with Crippen LogP contribution in [0.2, 0.25) is 0 Å². The number of hydrogen-bond acceptors (Lipinski definition) is 5. The molecule has 3 N–H and O–H groups in total. The molecule has 0 bridgehead atoms. The second-order valence-corrected chi connectivity index (χ2v) is 3.67. The van der Waals surface area contributed by atoms with E-state index < -0.39 is 18.3 Å². The molecular weight excluding hydrogens is 186 g/mol. The minimum absolute atomic E-state index is 0.322. The Kier molecular flexibility index (Phi) is 7.04. The van der Waals surface area contributed by atoms with Gasteiger partial charge in [0.1, 0.15) is 6.10 Å². The summed E-state index contributed by atoms with van der Waals surface area (Å²) in [6.07, 6.45) is -2.67. The van der Waals surface area contributed by atoms with Crippen molar-refractivity contribution >= 4 is 0 Å². The van der Waals surface area contributed by atoms with Crippen molar-refractivity contribution in [1.29, 1.82) is 0 Å². The van der Waals surface area contributed by atoms with Crippen LogP contribution in [0.4, 0.5) is 0 Å². The SMILES string of the molecule is COCCC(O)C(O)[C@@H](O)CN(C)C. The zero-order valence-corrected chi connectivity index (χ0v) is 9.05. The van der Waals surface area contributed by atoms with E-state index in [1.54, 1.807) is 19.0 Å². The van der Waals surface area contributed by atoms with Gasteiger partial charge in [0, 0.05) is 20.3 Å². The molecule has 0 heterocycles. The first-order valence-corrected chi connectivity index (χ1v) is 4.67. The smallest absolute Gasteiger partial charge is 0.107 e. The molecule has 0 aromatic carbocycles. The largest absolute Gasteiger partial charge is 0.390 e. The summed E-state index contributed by atoms with van der Waals surface area (Å²) in [6.45, 7) is 0.693. The Bertz CT molecular complexity index is 143. The number of hydrogen-bond donors (Lipinski definition) is 3. The van der Waals surface area contributed by atoms with Gasteiger partial charge in [-0.05, 0) is 20.5 Å². The maximum atomic E-state index is 9.48. The number of rotatable bonds is 7. The fourth-order valence-corrected chi connectivity index (χ4v) is 1.15. The summed E-state index contributed by atoms with van der Waals surface area (Å²) in [4.78, 5) is 1.75. The topological polar surface area (TPSA) is 73.2 Å². The average molecular weight is 207 g/mol. The maximum Gasteiger partial charge on any atom is 0.107 e. The Morgan fingerprint density at radius 1 is 1.14 bits per heavy atom. The predicted octanol–water partition coefficient (Wildman–Crippen LogP) is -1.33. The molecule has 5 heteroatoms. The second-order valence-electron chi connectivity index (χ2n) is 3.67. The average Bonchev–Trinajstić information content (AvgIpc) is 2.11. The highest BCUT2D eigenvalue weighted by atomic mass is 16.5. The van der Waals surface area contributed by atoms with E-state index in [2.05, 4.69) is 0 Å². The Hall–Kier alpha value is -0.200. The van der Waals surface area contributed by atoms with E-state index in [1.807, 2.05) is 0 Å². The first kappa shape index (κ1) is 13.8. The zero-order chi connectivity index (χ0) is 11.1. The Morgan fingerprint density at radius 2 is 1.71 bits per heavy atom. The number of likely N-dealkylation sites (N-methyl/N-ethyl adjacent to an activating group) is 1. The van der Waals surface area contributed by atoms with Gasteiger partial charge in [-0.15, -0.1) is 0 Å². The van der Waals surface area contributed by atoms with Crippen molar-refractivity contribution in [2.45, 2.75) is 24.7 Å². The van der Waals surface area contributed by atoms with Crippen molar-refractivity contribution in [3.63, 3.8) is 0 Å². The lowest BCUT2D eigenvalue weighted by Crippen LogP contribution is -2.43. The molecule has 5 nitrogen and oxygen atoms in total. The van der Waals surface area contributed by atoms with Crippen LogP contribution in [0.25, 0.3) is 0 Å². The summed E-state index contributed by atoms with van der Waals surface area (Å²) in [5.41, 5.74) is 0. The number of nitrogens with zero attached hydrogens (tertiary/aromatic N) is 1. The summed E-state index contributed by atoms with van der Waals surface area (Å²) in [5, 5.41) is 28.4. The van der Waals surface area contributed by atoms with Crippen LogP contribution in [0.1, 0.15) is 6.42 Å². The normalized spacial score (nSPS) is 18.2. The van der Waals surface area contributed by atoms with Crippen LogP contribution in [-0.2, 0) is 4.74 Å². The molecule has 0 amide bonds. The fourth-order valence-electron chi connectivity index (χ4n) is 1.15. The molecule has 0 aliphatic heterocycles. The van der Waals surface area contributed by atoms with Gasteiger partial charge < -0.3 is 25.0 Å². The monoisotopic (exact) mass is 207 g/mol. The Labute approximate surface area is 84.9 Å². The Balaban J connectivity index is 3.84. The van der Waals surface area contributed by atoms with Gasteiger partial charge in [-0.2, -0.15) is 0 Å². The number of aliphatic hydroxyl groups excluding tert-OH is 3. The highest BCUT2D eigenvalue weighted by Gasteiger charge is 2.24. The van der Waals surface area contributed by atoms with Gasteiger partial charge in [0.05, 0.1) is 12.2 Å². The molecule has 0 radical (unpaired) electrons. The van der Waals surface area contributed by atoms with Crippen LogP contribution in [-0.4, -0.2) is 72.9 Å². The van der Waals surface area contributed by atoms with Gasteiger partial charge in [-0.3, -0.25) is 0 Å². The second kappa shape index (κ2) is 7.14. The molecule has 0 spiro atoms. The third kappa shape index (κ3) is 5.51. The van der Waals surface area contributed by atoms with Crippen molar-refractivity contribution < 1.29 is 20.1 Å². The van der Waals surface area contributed by atoms with Gasteiger partial charge in [-0.25, -0.2) is 0 Å². The van der Waals surface area contributed by atoms with E-state index >= 15 is 0 Å². The van der Waals surface area contributed by atoms with Crippen molar-refractivity contribution in [2.75, 3.05) is 34.4 Å². The molecule has 2 unspecified atom stereocenters. The van der Waals surface area contributed by atoms with Crippen LogP contribution >= 0.6 is 0 Å². The van der Waals surface area contributed by atoms with Crippen LogP contribution in [0.3, 0.4) is 0 Å². The van der Waals surface area contributed by atoms with E-state index in [-0.39, 0.29) is 0 Å². The molecular formula is C9H21NO4. The minimum atomic E-state index is -1.12. The van der Waals surface area contributed by atoms with Gasteiger partial charge in [0.25, 0.3) is 0 Å². The maximum absolute atomic E-state index is 9.48. The van der Waals surface area contributed by atoms with Crippen LogP contribution in [0.15, 0.2) is 0 Å². The summed E-state index contributed by atoms with van der Waals surface area (Å²) in [5.74, 6) is 0. The quantitative estimate of drug-likeness (QED) is 0.482. The van der Waals surface area contributed by atoms with Crippen LogP contribution in [0.5, 0.6) is 0 Å². The molecule has 0 aromatic rings. The highest BCUT2D eigenvalue weighted by Crippen LogP contribution is 2.05. The van der Waals surface area contributed by atoms with E-state index in [9.17, 15) is 15.3 Å². The lowest BCUT2D eigenvalue weighted by Gasteiger charge is -2.24.